The maximum Gasteiger partial charge on any atom is 0.213 e. The summed E-state index contributed by atoms with van der Waals surface area (Å²) in [5, 5.41) is 6.66. The van der Waals surface area contributed by atoms with E-state index in [9.17, 15) is 0 Å². The highest BCUT2D eigenvalue weighted by Crippen LogP contribution is 2.32. The minimum absolute atomic E-state index is 0.0335. The van der Waals surface area contributed by atoms with Crippen LogP contribution in [0.25, 0.3) is 10.2 Å². The van der Waals surface area contributed by atoms with E-state index in [0.717, 1.165) is 10.2 Å². The van der Waals surface area contributed by atoms with Crippen LogP contribution in [-0.2, 0) is 0 Å². The Bertz CT molecular complexity index is 794. The van der Waals surface area contributed by atoms with Crippen LogP contribution in [0.2, 0.25) is 5.02 Å². The minimum Gasteiger partial charge on any atom is -0.490 e. The number of fused-ring (bicyclic) bond motifs is 1. The second-order valence-electron chi connectivity index (χ2n) is 4.88. The molecule has 0 aliphatic carbocycles. The topological polar surface area (TPSA) is 69.2 Å². The van der Waals surface area contributed by atoms with Crippen molar-refractivity contribution in [2.75, 3.05) is 19.0 Å². The average molecular weight is 351 g/mol. The second kappa shape index (κ2) is 6.97. The number of hydrogen-bond donors (Lipinski definition) is 1. The van der Waals surface area contributed by atoms with Gasteiger partial charge in [-0.2, -0.15) is 0 Å². The van der Waals surface area contributed by atoms with Gasteiger partial charge in [0.2, 0.25) is 5.88 Å². The Hall–Kier alpha value is -2.12. The van der Waals surface area contributed by atoms with Gasteiger partial charge in [-0.25, -0.2) is 15.0 Å². The monoisotopic (exact) mass is 350 g/mol. The molecular formula is C15H15ClN4O2S. The van der Waals surface area contributed by atoms with Gasteiger partial charge in [-0.05, 0) is 13.0 Å². The molecule has 3 rings (SSSR count). The number of hydrogen-bond acceptors (Lipinski definition) is 7. The van der Waals surface area contributed by atoms with Gasteiger partial charge in [0.05, 0.1) is 29.8 Å². The third kappa shape index (κ3) is 3.62. The Morgan fingerprint density at radius 2 is 2.17 bits per heavy atom. The van der Waals surface area contributed by atoms with Gasteiger partial charge in [-0.3, -0.25) is 0 Å². The normalized spacial score (nSPS) is 12.1. The zero-order chi connectivity index (χ0) is 16.2. The number of nitrogens with one attached hydrogen (secondary N) is 1. The molecule has 6 nitrogen and oxygen atoms in total. The van der Waals surface area contributed by atoms with Gasteiger partial charge in [0.1, 0.15) is 29.3 Å². The third-order valence-electron chi connectivity index (χ3n) is 3.13. The molecule has 0 aliphatic rings. The maximum absolute atomic E-state index is 6.20. The summed E-state index contributed by atoms with van der Waals surface area (Å²) in [4.78, 5) is 13.4. The van der Waals surface area contributed by atoms with Crippen LogP contribution >= 0.6 is 22.9 Å². The second-order valence-corrected chi connectivity index (χ2v) is 6.14. The number of rotatable bonds is 6. The summed E-state index contributed by atoms with van der Waals surface area (Å²) in [5.41, 5.74) is 0. The van der Waals surface area contributed by atoms with Crippen molar-refractivity contribution < 1.29 is 9.47 Å². The van der Waals surface area contributed by atoms with Gasteiger partial charge in [0.25, 0.3) is 0 Å². The first-order chi connectivity index (χ1) is 11.2. The SMILES string of the molecule is COc1ccc(OCC(C)Nc2ncnc3scc(Cl)c23)cn1. The van der Waals surface area contributed by atoms with Crippen molar-refractivity contribution in [3.63, 3.8) is 0 Å². The molecule has 0 radical (unpaired) electrons. The fraction of sp³-hybridized carbons (Fsp3) is 0.267. The smallest absolute Gasteiger partial charge is 0.213 e. The van der Waals surface area contributed by atoms with E-state index >= 15 is 0 Å². The third-order valence-corrected chi connectivity index (χ3v) is 4.44. The lowest BCUT2D eigenvalue weighted by atomic mass is 10.3. The van der Waals surface area contributed by atoms with Gasteiger partial charge in [0.15, 0.2) is 0 Å². The average Bonchev–Trinajstić information content (AvgIpc) is 2.96. The first-order valence-electron chi connectivity index (χ1n) is 6.94. The summed E-state index contributed by atoms with van der Waals surface area (Å²) in [6.07, 6.45) is 3.16. The van der Waals surface area contributed by atoms with Gasteiger partial charge >= 0.3 is 0 Å². The van der Waals surface area contributed by atoms with E-state index in [1.807, 2.05) is 18.4 Å². The van der Waals surface area contributed by atoms with E-state index in [1.54, 1.807) is 19.4 Å². The predicted octanol–water partition coefficient (Wildman–Crippen LogP) is 3.63. The van der Waals surface area contributed by atoms with Crippen molar-refractivity contribution in [3.05, 3.63) is 35.1 Å². The van der Waals surface area contributed by atoms with E-state index < -0.39 is 0 Å². The number of nitrogens with zero attached hydrogens (tertiary/aromatic N) is 3. The summed E-state index contributed by atoms with van der Waals surface area (Å²) in [5.74, 6) is 1.95. The molecule has 3 aromatic heterocycles. The van der Waals surface area contributed by atoms with Crippen molar-refractivity contribution in [1.82, 2.24) is 15.0 Å². The number of aromatic nitrogens is 3. The van der Waals surface area contributed by atoms with Gasteiger partial charge in [-0.15, -0.1) is 11.3 Å². The first-order valence-corrected chi connectivity index (χ1v) is 8.20. The van der Waals surface area contributed by atoms with Gasteiger partial charge < -0.3 is 14.8 Å². The maximum atomic E-state index is 6.20. The Labute approximate surface area is 142 Å². The molecule has 1 atom stereocenters. The van der Waals surface area contributed by atoms with E-state index in [4.69, 9.17) is 21.1 Å². The van der Waals surface area contributed by atoms with Crippen LogP contribution in [0.3, 0.4) is 0 Å². The molecule has 0 amide bonds. The Morgan fingerprint density at radius 1 is 1.30 bits per heavy atom. The van der Waals surface area contributed by atoms with Crippen LogP contribution in [0.4, 0.5) is 5.82 Å². The highest BCUT2D eigenvalue weighted by Gasteiger charge is 2.12. The standard InChI is InChI=1S/C15H15ClN4O2S/c1-9(6-22-10-3-4-12(21-2)17-5-10)20-14-13-11(16)7-23-15(13)19-8-18-14/h3-5,7-9H,6H2,1-2H3,(H,18,19,20). The van der Waals surface area contributed by atoms with Crippen LogP contribution in [0.15, 0.2) is 30.0 Å². The van der Waals surface area contributed by atoms with Crippen LogP contribution in [0.5, 0.6) is 11.6 Å². The molecule has 8 heteroatoms. The number of ether oxygens (including phenoxy) is 2. The quantitative estimate of drug-likeness (QED) is 0.732. The van der Waals surface area contributed by atoms with Crippen molar-refractivity contribution in [2.45, 2.75) is 13.0 Å². The lowest BCUT2D eigenvalue weighted by molar-refractivity contribution is 0.301. The number of thiophene rings is 1. The predicted molar refractivity (Wildman–Crippen MR) is 91.8 cm³/mol. The minimum atomic E-state index is 0.0335. The highest BCUT2D eigenvalue weighted by molar-refractivity contribution is 7.17. The molecule has 1 unspecified atom stereocenters. The molecule has 23 heavy (non-hydrogen) atoms. The Kier molecular flexibility index (Phi) is 4.78. The van der Waals surface area contributed by atoms with E-state index in [0.29, 0.717) is 29.1 Å². The fourth-order valence-corrected chi connectivity index (χ4v) is 3.15. The number of anilines is 1. The molecular weight excluding hydrogens is 336 g/mol. The Morgan fingerprint density at radius 3 is 2.91 bits per heavy atom. The molecule has 3 heterocycles. The summed E-state index contributed by atoms with van der Waals surface area (Å²) >= 11 is 7.70. The molecule has 0 aromatic carbocycles. The fourth-order valence-electron chi connectivity index (χ4n) is 2.02. The first kappa shape index (κ1) is 15.8. The van der Waals surface area contributed by atoms with Crippen molar-refractivity contribution >= 4 is 39.0 Å². The zero-order valence-electron chi connectivity index (χ0n) is 12.6. The molecule has 0 fully saturated rings. The zero-order valence-corrected chi connectivity index (χ0v) is 14.2. The summed E-state index contributed by atoms with van der Waals surface area (Å²) < 4.78 is 10.7. The van der Waals surface area contributed by atoms with Crippen molar-refractivity contribution in [3.8, 4) is 11.6 Å². The van der Waals surface area contributed by atoms with Gasteiger partial charge in [0, 0.05) is 11.4 Å². The van der Waals surface area contributed by atoms with Crippen molar-refractivity contribution in [1.29, 1.82) is 0 Å². The molecule has 0 aliphatic heterocycles. The van der Waals surface area contributed by atoms with E-state index in [-0.39, 0.29) is 6.04 Å². The summed E-state index contributed by atoms with van der Waals surface area (Å²) in [7, 11) is 1.58. The number of halogens is 1. The van der Waals surface area contributed by atoms with Crippen LogP contribution < -0.4 is 14.8 Å². The number of methoxy groups -OCH3 is 1. The highest BCUT2D eigenvalue weighted by atomic mass is 35.5. The molecule has 1 N–H and O–H groups in total. The molecule has 0 bridgehead atoms. The molecule has 0 saturated carbocycles. The van der Waals surface area contributed by atoms with Crippen LogP contribution in [0, 0.1) is 0 Å². The molecule has 3 aromatic rings. The largest absolute Gasteiger partial charge is 0.490 e. The lowest BCUT2D eigenvalue weighted by Crippen LogP contribution is -2.24. The molecule has 0 saturated heterocycles. The van der Waals surface area contributed by atoms with Crippen LogP contribution in [-0.4, -0.2) is 34.7 Å². The Balaban J connectivity index is 1.64. The van der Waals surface area contributed by atoms with E-state index in [1.165, 1.54) is 17.7 Å². The van der Waals surface area contributed by atoms with Crippen LogP contribution in [0.1, 0.15) is 6.92 Å². The van der Waals surface area contributed by atoms with Gasteiger partial charge in [-0.1, -0.05) is 11.6 Å². The lowest BCUT2D eigenvalue weighted by Gasteiger charge is -2.16. The van der Waals surface area contributed by atoms with E-state index in [2.05, 4.69) is 20.3 Å². The summed E-state index contributed by atoms with van der Waals surface area (Å²) in [6, 6.07) is 3.61. The summed E-state index contributed by atoms with van der Waals surface area (Å²) in [6.45, 7) is 2.46. The molecule has 0 spiro atoms. The molecule has 120 valence electrons. The number of pyridine rings is 1. The van der Waals surface area contributed by atoms with Crippen molar-refractivity contribution in [2.24, 2.45) is 0 Å².